The number of fused-ring (bicyclic) bond motifs is 1. The number of H-pyrrole nitrogens is 1. The quantitative estimate of drug-likeness (QED) is 0.465. The first kappa shape index (κ1) is 24.3. The molecule has 0 bridgehead atoms. The van der Waals surface area contributed by atoms with E-state index in [1.54, 1.807) is 23.0 Å². The van der Waals surface area contributed by atoms with E-state index in [4.69, 9.17) is 11.6 Å². The van der Waals surface area contributed by atoms with Crippen molar-refractivity contribution in [2.24, 2.45) is 0 Å². The van der Waals surface area contributed by atoms with E-state index in [-0.39, 0.29) is 11.1 Å². The molecule has 34 heavy (non-hydrogen) atoms. The summed E-state index contributed by atoms with van der Waals surface area (Å²) in [6.07, 6.45) is 5.96. The molecule has 3 N–H and O–H groups in total. The van der Waals surface area contributed by atoms with E-state index in [1.165, 1.54) is 31.4 Å². The van der Waals surface area contributed by atoms with Crippen LogP contribution in [0.25, 0.3) is 10.9 Å². The van der Waals surface area contributed by atoms with Crippen molar-refractivity contribution in [3.63, 3.8) is 0 Å². The van der Waals surface area contributed by atoms with Crippen LogP contribution in [0.1, 0.15) is 50.1 Å². The minimum atomic E-state index is -3.07. The Kier molecular flexibility index (Phi) is 7.37. The second-order valence-corrected chi connectivity index (χ2v) is 13.1. The third kappa shape index (κ3) is 5.38. The van der Waals surface area contributed by atoms with Gasteiger partial charge in [0.25, 0.3) is 0 Å². The van der Waals surface area contributed by atoms with Crippen molar-refractivity contribution in [3.05, 3.63) is 40.0 Å². The molecule has 1 aromatic carbocycles. The number of aromatic nitrogens is 1. The molecular weight excluding hydrogens is 490 g/mol. The lowest BCUT2D eigenvalue weighted by Gasteiger charge is -2.33. The number of nitrogens with zero attached hydrogens (tertiary/aromatic N) is 2. The lowest BCUT2D eigenvalue weighted by molar-refractivity contribution is 0.189. The molecule has 1 saturated carbocycles. The third-order valence-corrected chi connectivity index (χ3v) is 10.3. The first-order chi connectivity index (χ1) is 16.4. The molecule has 1 atom stereocenters. The van der Waals surface area contributed by atoms with Crippen LogP contribution in [0, 0.1) is 0 Å². The molecule has 10 heteroatoms. The zero-order chi connectivity index (χ0) is 23.7. The normalized spacial score (nSPS) is 22.9. The van der Waals surface area contributed by atoms with Crippen LogP contribution < -0.4 is 10.6 Å². The zero-order valence-electron chi connectivity index (χ0n) is 19.6. The van der Waals surface area contributed by atoms with Crippen LogP contribution in [0.15, 0.2) is 29.3 Å². The van der Waals surface area contributed by atoms with Crippen LogP contribution in [0.2, 0.25) is 5.02 Å². The predicted molar refractivity (Wildman–Crippen MR) is 143 cm³/mol. The van der Waals surface area contributed by atoms with E-state index in [0.717, 1.165) is 53.4 Å². The number of rotatable bonds is 8. The summed E-state index contributed by atoms with van der Waals surface area (Å²) in [5, 5.41) is 11.6. The van der Waals surface area contributed by atoms with Crippen molar-refractivity contribution in [2.45, 2.75) is 50.4 Å². The van der Waals surface area contributed by atoms with Gasteiger partial charge in [0.05, 0.1) is 17.0 Å². The first-order valence-electron chi connectivity index (χ1n) is 12.3. The summed E-state index contributed by atoms with van der Waals surface area (Å²) in [4.78, 5) is 6.00. The molecule has 2 fully saturated rings. The third-order valence-electron chi connectivity index (χ3n) is 7.16. The molecular formula is C24H34ClN5O2S2. The summed E-state index contributed by atoms with van der Waals surface area (Å²) < 4.78 is 25.7. The maximum absolute atomic E-state index is 12.1. The van der Waals surface area contributed by atoms with E-state index in [0.29, 0.717) is 19.1 Å². The van der Waals surface area contributed by atoms with Crippen molar-refractivity contribution >= 4 is 50.0 Å². The highest BCUT2D eigenvalue weighted by Crippen LogP contribution is 2.38. The van der Waals surface area contributed by atoms with Gasteiger partial charge >= 0.3 is 0 Å². The van der Waals surface area contributed by atoms with Gasteiger partial charge in [0.2, 0.25) is 10.0 Å². The van der Waals surface area contributed by atoms with E-state index in [9.17, 15) is 8.42 Å². The molecule has 1 aromatic heterocycles. The maximum Gasteiger partial charge on any atom is 0.213 e. The Balaban J connectivity index is 1.17. The highest BCUT2D eigenvalue weighted by atomic mass is 35.5. The molecule has 0 spiro atoms. The van der Waals surface area contributed by atoms with Gasteiger partial charge in [0.1, 0.15) is 5.37 Å². The summed E-state index contributed by atoms with van der Waals surface area (Å²) in [6, 6.07) is 6.80. The number of aromatic amines is 1. The molecule has 1 saturated heterocycles. The monoisotopic (exact) mass is 523 g/mol. The molecule has 2 aliphatic heterocycles. The Hall–Kier alpha value is -1.39. The molecule has 1 unspecified atom stereocenters. The van der Waals surface area contributed by atoms with Gasteiger partial charge in [-0.2, -0.15) is 4.31 Å². The average Bonchev–Trinajstić information content (AvgIpc) is 3.58. The first-order valence-corrected chi connectivity index (χ1v) is 15.2. The largest absolute Gasteiger partial charge is 0.381 e. The van der Waals surface area contributed by atoms with E-state index in [2.05, 4.69) is 32.0 Å². The summed E-state index contributed by atoms with van der Waals surface area (Å²) in [6.45, 7) is 5.42. The van der Waals surface area contributed by atoms with Gasteiger partial charge in [-0.3, -0.25) is 0 Å². The van der Waals surface area contributed by atoms with Gasteiger partial charge in [-0.15, -0.1) is 11.8 Å². The van der Waals surface area contributed by atoms with Gasteiger partial charge in [0, 0.05) is 67.0 Å². The molecule has 7 nitrogen and oxygen atoms in total. The summed E-state index contributed by atoms with van der Waals surface area (Å²) in [5.41, 5.74) is 4.61. The van der Waals surface area contributed by atoms with E-state index < -0.39 is 10.0 Å². The smallest absolute Gasteiger partial charge is 0.213 e. The summed E-state index contributed by atoms with van der Waals surface area (Å²) in [7, 11) is -3.07. The Morgan fingerprint density at radius 2 is 1.91 bits per heavy atom. The van der Waals surface area contributed by atoms with Crippen LogP contribution in [0.5, 0.6) is 0 Å². The van der Waals surface area contributed by atoms with Crippen molar-refractivity contribution < 1.29 is 8.42 Å². The fourth-order valence-corrected chi connectivity index (χ4v) is 7.43. The summed E-state index contributed by atoms with van der Waals surface area (Å²) in [5.74, 6) is 0.181. The number of piperazine rings is 1. The molecule has 0 amide bonds. The van der Waals surface area contributed by atoms with Crippen LogP contribution in [0.4, 0.5) is 5.69 Å². The van der Waals surface area contributed by atoms with Crippen LogP contribution >= 0.6 is 23.4 Å². The fraction of sp³-hybridized carbons (Fsp3) is 0.583. The number of nitrogens with one attached hydrogen (secondary N) is 3. The molecule has 186 valence electrons. The van der Waals surface area contributed by atoms with Crippen molar-refractivity contribution in [2.75, 3.05) is 43.8 Å². The zero-order valence-corrected chi connectivity index (χ0v) is 22.0. The molecule has 3 heterocycles. The number of benzene rings is 1. The standard InChI is InChI=1S/C24H34ClN5O2S2/c1-2-34(31,32)30-11-9-29(10-12-30)8-7-20-16-33-24(27-20)22-14-17-13-18(25)15-21(23(17)28-22)26-19-5-3-4-6-19/h13-16,19,24,26-28H,2-12H2,1H3. The average molecular weight is 524 g/mol. The van der Waals surface area contributed by atoms with Crippen LogP contribution in [-0.2, 0) is 10.0 Å². The minimum absolute atomic E-state index is 0.159. The minimum Gasteiger partial charge on any atom is -0.381 e. The second kappa shape index (κ2) is 10.3. The SMILES string of the molecule is CCS(=O)(=O)N1CCN(CCC2=CSC(c3cc4cc(Cl)cc(NC5CCCC5)c4[nH]3)N2)CC1. The second-order valence-electron chi connectivity index (χ2n) is 9.46. The lowest BCUT2D eigenvalue weighted by Crippen LogP contribution is -2.49. The van der Waals surface area contributed by atoms with Gasteiger partial charge in [-0.25, -0.2) is 8.42 Å². The number of hydrogen-bond acceptors (Lipinski definition) is 6. The lowest BCUT2D eigenvalue weighted by atomic mass is 10.2. The number of thioether (sulfide) groups is 1. The van der Waals surface area contributed by atoms with Crippen molar-refractivity contribution in [1.29, 1.82) is 0 Å². The van der Waals surface area contributed by atoms with Crippen molar-refractivity contribution in [3.8, 4) is 0 Å². The molecule has 3 aliphatic rings. The van der Waals surface area contributed by atoms with Gasteiger partial charge in [-0.1, -0.05) is 24.4 Å². The molecule has 5 rings (SSSR count). The fourth-order valence-electron chi connectivity index (χ4n) is 5.14. The number of sulfonamides is 1. The van der Waals surface area contributed by atoms with Gasteiger partial charge in [0.15, 0.2) is 0 Å². The number of anilines is 1. The number of hydrogen-bond donors (Lipinski definition) is 3. The highest BCUT2D eigenvalue weighted by molar-refractivity contribution is 8.02. The van der Waals surface area contributed by atoms with Crippen LogP contribution in [0.3, 0.4) is 0 Å². The topological polar surface area (TPSA) is 80.5 Å². The Bertz CT molecular complexity index is 1150. The highest BCUT2D eigenvalue weighted by Gasteiger charge is 2.26. The van der Waals surface area contributed by atoms with E-state index >= 15 is 0 Å². The van der Waals surface area contributed by atoms with Crippen LogP contribution in [-0.4, -0.2) is 67.1 Å². The maximum atomic E-state index is 12.1. The van der Waals surface area contributed by atoms with Gasteiger partial charge < -0.3 is 20.5 Å². The number of halogens is 1. The van der Waals surface area contributed by atoms with Crippen molar-refractivity contribution in [1.82, 2.24) is 19.5 Å². The predicted octanol–water partition coefficient (Wildman–Crippen LogP) is 4.71. The van der Waals surface area contributed by atoms with E-state index in [1.807, 2.05) is 12.1 Å². The van der Waals surface area contributed by atoms with Gasteiger partial charge in [-0.05, 0) is 43.4 Å². The molecule has 2 aromatic rings. The molecule has 0 radical (unpaired) electrons. The molecule has 1 aliphatic carbocycles. The summed E-state index contributed by atoms with van der Waals surface area (Å²) >= 11 is 8.22. The Morgan fingerprint density at radius 3 is 2.65 bits per heavy atom. The Morgan fingerprint density at radius 1 is 1.15 bits per heavy atom. The Labute approximate surface area is 211 Å².